The molecule has 0 spiro atoms. The van der Waals surface area contributed by atoms with E-state index in [1.165, 1.54) is 102 Å². The van der Waals surface area contributed by atoms with Crippen molar-refractivity contribution in [3.05, 3.63) is 12.2 Å². The molecule has 1 heteroatoms. The number of hydrogen-bond donors (Lipinski definition) is 0. The highest BCUT2D eigenvalue weighted by molar-refractivity contribution is 4.86. The summed E-state index contributed by atoms with van der Waals surface area (Å²) >= 11 is 0. The van der Waals surface area contributed by atoms with Crippen LogP contribution in [-0.4, -0.2) is 25.0 Å². The molecule has 0 rings (SSSR count). The fourth-order valence-electron chi connectivity index (χ4n) is 2.89. The van der Waals surface area contributed by atoms with Crippen LogP contribution < -0.4 is 0 Å². The molecule has 0 bridgehead atoms. The SMILES string of the molecule is C=C(C)CCCCCCCCCCCCCN(C)CCC. The minimum absolute atomic E-state index is 1.23. The average molecular weight is 296 g/mol. The summed E-state index contributed by atoms with van der Waals surface area (Å²) in [5.41, 5.74) is 1.34. The first-order chi connectivity index (χ1) is 10.2. The van der Waals surface area contributed by atoms with Gasteiger partial charge in [-0.15, -0.1) is 6.58 Å². The molecule has 0 unspecified atom stereocenters. The Morgan fingerprint density at radius 1 is 0.714 bits per heavy atom. The van der Waals surface area contributed by atoms with Gasteiger partial charge in [0.2, 0.25) is 0 Å². The van der Waals surface area contributed by atoms with Gasteiger partial charge in [0.15, 0.2) is 0 Å². The molecule has 0 aliphatic heterocycles. The van der Waals surface area contributed by atoms with Gasteiger partial charge in [-0.2, -0.15) is 0 Å². The molecule has 0 aromatic carbocycles. The van der Waals surface area contributed by atoms with Crippen molar-refractivity contribution in [2.45, 2.75) is 97.3 Å². The van der Waals surface area contributed by atoms with Gasteiger partial charge in [0.05, 0.1) is 0 Å². The fraction of sp³-hybridized carbons (Fsp3) is 0.900. The van der Waals surface area contributed by atoms with Gasteiger partial charge >= 0.3 is 0 Å². The highest BCUT2D eigenvalue weighted by Gasteiger charge is 1.97. The van der Waals surface area contributed by atoms with Crippen molar-refractivity contribution in [2.24, 2.45) is 0 Å². The van der Waals surface area contributed by atoms with Crippen molar-refractivity contribution in [3.63, 3.8) is 0 Å². The van der Waals surface area contributed by atoms with Gasteiger partial charge in [0.1, 0.15) is 0 Å². The third-order valence-electron chi connectivity index (χ3n) is 4.25. The van der Waals surface area contributed by atoms with E-state index in [0.717, 1.165) is 0 Å². The Morgan fingerprint density at radius 2 is 1.14 bits per heavy atom. The minimum Gasteiger partial charge on any atom is -0.306 e. The van der Waals surface area contributed by atoms with Gasteiger partial charge < -0.3 is 4.90 Å². The van der Waals surface area contributed by atoms with Gasteiger partial charge in [-0.3, -0.25) is 0 Å². The van der Waals surface area contributed by atoms with Crippen LogP contribution in [0.5, 0.6) is 0 Å². The van der Waals surface area contributed by atoms with E-state index in [2.05, 4.69) is 32.4 Å². The summed E-state index contributed by atoms with van der Waals surface area (Å²) in [6, 6.07) is 0. The summed E-state index contributed by atoms with van der Waals surface area (Å²) in [6.45, 7) is 10.9. The third-order valence-corrected chi connectivity index (χ3v) is 4.25. The zero-order chi connectivity index (χ0) is 15.8. The van der Waals surface area contributed by atoms with Crippen molar-refractivity contribution in [2.75, 3.05) is 20.1 Å². The smallest absolute Gasteiger partial charge is 0.00218 e. The summed E-state index contributed by atoms with van der Waals surface area (Å²) in [5, 5.41) is 0. The molecule has 21 heavy (non-hydrogen) atoms. The van der Waals surface area contributed by atoms with E-state index in [1.807, 2.05) is 0 Å². The maximum atomic E-state index is 3.96. The molecule has 0 saturated carbocycles. The van der Waals surface area contributed by atoms with Gasteiger partial charge in [0.25, 0.3) is 0 Å². The quantitative estimate of drug-likeness (QED) is 0.229. The monoisotopic (exact) mass is 295 g/mol. The standard InChI is InChI=1S/C20H41N/c1-5-18-21(4)19-16-14-12-10-8-6-7-9-11-13-15-17-20(2)3/h2,5-19H2,1,3-4H3. The first-order valence-corrected chi connectivity index (χ1v) is 9.49. The number of unbranched alkanes of at least 4 members (excludes halogenated alkanes) is 10. The van der Waals surface area contributed by atoms with Crippen LogP contribution in [0, 0.1) is 0 Å². The van der Waals surface area contributed by atoms with E-state index in [9.17, 15) is 0 Å². The van der Waals surface area contributed by atoms with Gasteiger partial charge in [-0.05, 0) is 52.7 Å². The maximum Gasteiger partial charge on any atom is -0.00218 e. The lowest BCUT2D eigenvalue weighted by Gasteiger charge is -2.14. The van der Waals surface area contributed by atoms with Crippen LogP contribution in [0.15, 0.2) is 12.2 Å². The van der Waals surface area contributed by atoms with Gasteiger partial charge in [-0.1, -0.05) is 70.3 Å². The molecule has 126 valence electrons. The van der Waals surface area contributed by atoms with Crippen molar-refractivity contribution in [1.29, 1.82) is 0 Å². The predicted molar refractivity (Wildman–Crippen MR) is 98.0 cm³/mol. The highest BCUT2D eigenvalue weighted by Crippen LogP contribution is 2.13. The van der Waals surface area contributed by atoms with E-state index in [0.29, 0.717) is 0 Å². The number of rotatable bonds is 16. The molecule has 1 nitrogen and oxygen atoms in total. The van der Waals surface area contributed by atoms with Crippen LogP contribution in [0.3, 0.4) is 0 Å². The fourth-order valence-corrected chi connectivity index (χ4v) is 2.89. The van der Waals surface area contributed by atoms with Crippen LogP contribution in [0.25, 0.3) is 0 Å². The second kappa shape index (κ2) is 16.1. The van der Waals surface area contributed by atoms with Crippen molar-refractivity contribution < 1.29 is 0 Å². The largest absolute Gasteiger partial charge is 0.306 e. The Bertz CT molecular complexity index is 222. The topological polar surface area (TPSA) is 3.24 Å². The molecular formula is C20H41N. The number of hydrogen-bond acceptors (Lipinski definition) is 1. The minimum atomic E-state index is 1.23. The van der Waals surface area contributed by atoms with Gasteiger partial charge in [-0.25, -0.2) is 0 Å². The van der Waals surface area contributed by atoms with Crippen molar-refractivity contribution in [3.8, 4) is 0 Å². The Kier molecular flexibility index (Phi) is 15.8. The molecule has 0 atom stereocenters. The molecular weight excluding hydrogens is 254 g/mol. The number of nitrogens with zero attached hydrogens (tertiary/aromatic N) is 1. The van der Waals surface area contributed by atoms with Crippen molar-refractivity contribution >= 4 is 0 Å². The molecule has 0 fully saturated rings. The second-order valence-corrected chi connectivity index (χ2v) is 6.90. The first kappa shape index (κ1) is 20.7. The summed E-state index contributed by atoms with van der Waals surface area (Å²) in [5.74, 6) is 0. The summed E-state index contributed by atoms with van der Waals surface area (Å²) in [4.78, 5) is 2.47. The molecule has 0 aromatic rings. The van der Waals surface area contributed by atoms with E-state index in [-0.39, 0.29) is 0 Å². The molecule has 0 aliphatic rings. The summed E-state index contributed by atoms with van der Waals surface area (Å²) < 4.78 is 0. The molecule has 0 N–H and O–H groups in total. The number of allylic oxidation sites excluding steroid dienone is 1. The van der Waals surface area contributed by atoms with E-state index >= 15 is 0 Å². The molecule has 0 aliphatic carbocycles. The van der Waals surface area contributed by atoms with Crippen LogP contribution in [0.4, 0.5) is 0 Å². The average Bonchev–Trinajstić information content (AvgIpc) is 2.44. The van der Waals surface area contributed by atoms with Crippen LogP contribution in [-0.2, 0) is 0 Å². The Labute approximate surface area is 135 Å². The Morgan fingerprint density at radius 3 is 1.57 bits per heavy atom. The zero-order valence-corrected chi connectivity index (χ0v) is 15.3. The molecule has 0 saturated heterocycles. The normalized spacial score (nSPS) is 11.2. The Hall–Kier alpha value is -0.300. The second-order valence-electron chi connectivity index (χ2n) is 6.90. The van der Waals surface area contributed by atoms with E-state index < -0.39 is 0 Å². The van der Waals surface area contributed by atoms with E-state index in [1.54, 1.807) is 0 Å². The lowest BCUT2D eigenvalue weighted by atomic mass is 10.0. The molecule has 0 heterocycles. The predicted octanol–water partition coefficient (Wildman–Crippen LogP) is 6.59. The molecule has 0 aromatic heterocycles. The Balaban J connectivity index is 3.04. The maximum absolute atomic E-state index is 3.96. The van der Waals surface area contributed by atoms with E-state index in [4.69, 9.17) is 0 Å². The van der Waals surface area contributed by atoms with Gasteiger partial charge in [0, 0.05) is 0 Å². The summed E-state index contributed by atoms with van der Waals surface area (Å²) in [6.07, 6.45) is 18.2. The highest BCUT2D eigenvalue weighted by atomic mass is 15.1. The molecule has 0 radical (unpaired) electrons. The van der Waals surface area contributed by atoms with Crippen molar-refractivity contribution in [1.82, 2.24) is 4.90 Å². The lowest BCUT2D eigenvalue weighted by molar-refractivity contribution is 0.324. The molecule has 0 amide bonds. The van der Waals surface area contributed by atoms with Crippen LogP contribution in [0.2, 0.25) is 0 Å². The van der Waals surface area contributed by atoms with Crippen LogP contribution in [0.1, 0.15) is 97.3 Å². The zero-order valence-electron chi connectivity index (χ0n) is 15.3. The summed E-state index contributed by atoms with van der Waals surface area (Å²) in [7, 11) is 2.25. The lowest BCUT2D eigenvalue weighted by Crippen LogP contribution is -2.20. The third kappa shape index (κ3) is 17.6. The van der Waals surface area contributed by atoms with Crippen LogP contribution >= 0.6 is 0 Å². The first-order valence-electron chi connectivity index (χ1n) is 9.49.